The molecule has 0 atom stereocenters. The lowest BCUT2D eigenvalue weighted by Gasteiger charge is -2.00. The van der Waals surface area contributed by atoms with Crippen LogP contribution in [0.3, 0.4) is 0 Å². The number of carboxylic acids is 1. The number of rotatable bonds is 3. The fraction of sp³-hybridized carbons (Fsp3) is 0.600. The first kappa shape index (κ1) is 13.6. The molecule has 1 N–H and O–H groups in total. The summed E-state index contributed by atoms with van der Waals surface area (Å²) in [6.45, 7) is 1.73. The topological polar surface area (TPSA) is 72.8 Å². The molecule has 0 aromatic heterocycles. The molecule has 5 heteroatoms. The molecule has 0 bridgehead atoms. The van der Waals surface area contributed by atoms with Gasteiger partial charge in [0.1, 0.15) is 0 Å². The lowest BCUT2D eigenvalue weighted by Crippen LogP contribution is -2.04. The average Bonchev–Trinajstić information content (AvgIpc) is 2.29. The normalized spacial score (nSPS) is 13.7. The van der Waals surface area contributed by atoms with Crippen molar-refractivity contribution >= 4 is 11.9 Å². The second-order valence-corrected chi connectivity index (χ2v) is 2.80. The zero-order valence-corrected chi connectivity index (χ0v) is 8.77. The molecule has 1 heterocycles. The first-order valence-corrected chi connectivity index (χ1v) is 4.68. The van der Waals surface area contributed by atoms with Crippen molar-refractivity contribution in [3.8, 4) is 0 Å². The maximum absolute atomic E-state index is 10.2. The Kier molecular flexibility index (Phi) is 8.37. The molecule has 0 aliphatic carbocycles. The van der Waals surface area contributed by atoms with Crippen LogP contribution in [0.2, 0.25) is 0 Å². The minimum Gasteiger partial charge on any atom is -0.481 e. The summed E-state index contributed by atoms with van der Waals surface area (Å²) in [5.74, 6) is -1.47. The molecular formula is C10H16O5. The Morgan fingerprint density at radius 1 is 1.40 bits per heavy atom. The third-order valence-corrected chi connectivity index (χ3v) is 1.58. The minimum atomic E-state index is -0.986. The van der Waals surface area contributed by atoms with Crippen LogP contribution in [0.25, 0.3) is 0 Å². The smallest absolute Gasteiger partial charge is 0.306 e. The molecule has 0 aromatic rings. The van der Waals surface area contributed by atoms with Gasteiger partial charge in [-0.1, -0.05) is 12.2 Å². The first-order valence-electron chi connectivity index (χ1n) is 4.68. The zero-order chi connectivity index (χ0) is 11.5. The van der Waals surface area contributed by atoms with Crippen LogP contribution < -0.4 is 0 Å². The van der Waals surface area contributed by atoms with Crippen LogP contribution in [0.5, 0.6) is 0 Å². The Bertz CT molecular complexity index is 214. The third-order valence-electron chi connectivity index (χ3n) is 1.58. The van der Waals surface area contributed by atoms with E-state index in [9.17, 15) is 9.59 Å². The molecule has 5 nitrogen and oxygen atoms in total. The van der Waals surface area contributed by atoms with Crippen LogP contribution >= 0.6 is 0 Å². The SMILES string of the molecule is C1=CCOCC1.COC(=O)CCC(=O)O. The van der Waals surface area contributed by atoms with Crippen LogP contribution in [0.15, 0.2) is 12.2 Å². The third kappa shape index (κ3) is 10.6. The number of carbonyl (C=O) groups excluding carboxylic acids is 1. The van der Waals surface area contributed by atoms with Crippen LogP contribution in [0.1, 0.15) is 19.3 Å². The van der Waals surface area contributed by atoms with Crippen molar-refractivity contribution in [2.45, 2.75) is 19.3 Å². The molecular weight excluding hydrogens is 200 g/mol. The predicted molar refractivity (Wildman–Crippen MR) is 53.5 cm³/mol. The summed E-state index contributed by atoms with van der Waals surface area (Å²) in [6, 6.07) is 0. The van der Waals surface area contributed by atoms with Gasteiger partial charge < -0.3 is 14.6 Å². The zero-order valence-electron chi connectivity index (χ0n) is 8.77. The van der Waals surface area contributed by atoms with Gasteiger partial charge in [-0.15, -0.1) is 0 Å². The van der Waals surface area contributed by atoms with E-state index >= 15 is 0 Å². The molecule has 0 amide bonds. The number of methoxy groups -OCH3 is 1. The number of aliphatic carboxylic acids is 1. The van der Waals surface area contributed by atoms with Crippen molar-refractivity contribution < 1.29 is 24.2 Å². The second kappa shape index (κ2) is 9.21. The summed E-state index contributed by atoms with van der Waals surface area (Å²) in [4.78, 5) is 20.0. The Labute approximate surface area is 88.7 Å². The van der Waals surface area contributed by atoms with Gasteiger partial charge in [0.05, 0.1) is 33.2 Å². The number of carbonyl (C=O) groups is 2. The van der Waals surface area contributed by atoms with E-state index in [4.69, 9.17) is 9.84 Å². The van der Waals surface area contributed by atoms with Crippen molar-refractivity contribution in [2.24, 2.45) is 0 Å². The Balaban J connectivity index is 0.000000280. The van der Waals surface area contributed by atoms with E-state index in [1.807, 2.05) is 6.08 Å². The van der Waals surface area contributed by atoms with Gasteiger partial charge >= 0.3 is 11.9 Å². The van der Waals surface area contributed by atoms with E-state index in [-0.39, 0.29) is 12.8 Å². The molecule has 0 saturated carbocycles. The minimum absolute atomic E-state index is 0.0498. The molecule has 15 heavy (non-hydrogen) atoms. The van der Waals surface area contributed by atoms with Crippen molar-refractivity contribution in [1.29, 1.82) is 0 Å². The average molecular weight is 216 g/mol. The lowest BCUT2D eigenvalue weighted by molar-refractivity contribution is -0.145. The van der Waals surface area contributed by atoms with Crippen LogP contribution in [0.4, 0.5) is 0 Å². The Morgan fingerprint density at radius 3 is 2.40 bits per heavy atom. The first-order chi connectivity index (χ1) is 7.16. The van der Waals surface area contributed by atoms with Gasteiger partial charge in [-0.25, -0.2) is 0 Å². The molecule has 0 aromatic carbocycles. The number of esters is 1. The maximum Gasteiger partial charge on any atom is 0.306 e. The Hall–Kier alpha value is -1.36. The van der Waals surface area contributed by atoms with Gasteiger partial charge in [-0.2, -0.15) is 0 Å². The standard InChI is InChI=1S/C5H8O4.C5H8O/c1-9-5(8)3-2-4(6)7;1-2-4-6-5-3-1/h2-3H2,1H3,(H,6,7);1-2H,3-5H2. The molecule has 86 valence electrons. The van der Waals surface area contributed by atoms with Gasteiger partial charge in [0.15, 0.2) is 0 Å². The van der Waals surface area contributed by atoms with Gasteiger partial charge in [-0.05, 0) is 6.42 Å². The van der Waals surface area contributed by atoms with E-state index in [0.29, 0.717) is 0 Å². The van der Waals surface area contributed by atoms with Gasteiger partial charge in [-0.3, -0.25) is 9.59 Å². The van der Waals surface area contributed by atoms with Crippen molar-refractivity contribution in [1.82, 2.24) is 0 Å². The molecule has 1 aliphatic rings. The highest BCUT2D eigenvalue weighted by molar-refractivity contribution is 5.76. The fourth-order valence-electron chi connectivity index (χ4n) is 0.800. The summed E-state index contributed by atoms with van der Waals surface area (Å²) < 4.78 is 9.18. The quantitative estimate of drug-likeness (QED) is 0.562. The molecule has 0 saturated heterocycles. The van der Waals surface area contributed by atoms with E-state index in [1.165, 1.54) is 7.11 Å². The number of carboxylic acid groups (broad SMARTS) is 1. The number of hydrogen-bond acceptors (Lipinski definition) is 4. The molecule has 1 aliphatic heterocycles. The van der Waals surface area contributed by atoms with E-state index in [1.54, 1.807) is 0 Å². The van der Waals surface area contributed by atoms with Crippen LogP contribution in [-0.4, -0.2) is 37.4 Å². The monoisotopic (exact) mass is 216 g/mol. The van der Waals surface area contributed by atoms with E-state index < -0.39 is 11.9 Å². The summed E-state index contributed by atoms with van der Waals surface area (Å²) in [7, 11) is 1.23. The highest BCUT2D eigenvalue weighted by Gasteiger charge is 2.02. The molecule has 0 fully saturated rings. The molecule has 0 radical (unpaired) electrons. The van der Waals surface area contributed by atoms with Gasteiger partial charge in [0.2, 0.25) is 0 Å². The number of hydrogen-bond donors (Lipinski definition) is 1. The Morgan fingerprint density at radius 2 is 2.13 bits per heavy atom. The lowest BCUT2D eigenvalue weighted by atomic mass is 10.3. The predicted octanol–water partition coefficient (Wildman–Crippen LogP) is 0.987. The van der Waals surface area contributed by atoms with Crippen molar-refractivity contribution in [3.05, 3.63) is 12.2 Å². The summed E-state index contributed by atoms with van der Waals surface area (Å²) in [5, 5.41) is 8.05. The molecule has 0 spiro atoms. The summed E-state index contributed by atoms with van der Waals surface area (Å²) >= 11 is 0. The van der Waals surface area contributed by atoms with Crippen LogP contribution in [0, 0.1) is 0 Å². The fourth-order valence-corrected chi connectivity index (χ4v) is 0.800. The van der Waals surface area contributed by atoms with Gasteiger partial charge in [0.25, 0.3) is 0 Å². The van der Waals surface area contributed by atoms with E-state index in [0.717, 1.165) is 19.6 Å². The largest absolute Gasteiger partial charge is 0.481 e. The van der Waals surface area contributed by atoms with E-state index in [2.05, 4.69) is 10.8 Å². The number of ether oxygens (including phenoxy) is 2. The van der Waals surface area contributed by atoms with Gasteiger partial charge in [0, 0.05) is 0 Å². The molecule has 0 unspecified atom stereocenters. The summed E-state index contributed by atoms with van der Waals surface area (Å²) in [6.07, 6.45) is 5.07. The summed E-state index contributed by atoms with van der Waals surface area (Å²) in [5.41, 5.74) is 0. The second-order valence-electron chi connectivity index (χ2n) is 2.80. The van der Waals surface area contributed by atoms with Crippen LogP contribution in [-0.2, 0) is 19.1 Å². The molecule has 1 rings (SSSR count). The maximum atomic E-state index is 10.2. The highest BCUT2D eigenvalue weighted by atomic mass is 16.5. The highest BCUT2D eigenvalue weighted by Crippen LogP contribution is 1.91. The van der Waals surface area contributed by atoms with Crippen molar-refractivity contribution in [2.75, 3.05) is 20.3 Å². The van der Waals surface area contributed by atoms with Crippen molar-refractivity contribution in [3.63, 3.8) is 0 Å².